The lowest BCUT2D eigenvalue weighted by Crippen LogP contribution is -2.57. The molecule has 0 atom stereocenters. The van der Waals surface area contributed by atoms with Gasteiger partial charge in [-0.1, -0.05) is 6.07 Å². The van der Waals surface area contributed by atoms with Crippen LogP contribution in [-0.2, 0) is 9.47 Å². The minimum Gasteiger partial charge on any atom is -0.383 e. The van der Waals surface area contributed by atoms with Gasteiger partial charge >= 0.3 is 0 Å². The van der Waals surface area contributed by atoms with E-state index < -0.39 is 0 Å². The van der Waals surface area contributed by atoms with Gasteiger partial charge in [-0.3, -0.25) is 9.69 Å². The number of hydrogen-bond donors (Lipinski definition) is 0. The van der Waals surface area contributed by atoms with Crippen LogP contribution in [0.4, 0.5) is 5.69 Å². The van der Waals surface area contributed by atoms with Crippen LogP contribution in [0.2, 0.25) is 0 Å². The standard InChI is InChI=1S/C21H33N3O3/c1-17-5-6-18(15-19(17)22-11-13-27-14-12-22)20(25)23-7-9-24(10-8-23)21(2,3)16-26-4/h5-6,15H,7-14,16H2,1-4H3. The number of hydrogen-bond acceptors (Lipinski definition) is 5. The largest absolute Gasteiger partial charge is 0.383 e. The Morgan fingerprint density at radius 3 is 2.41 bits per heavy atom. The number of methoxy groups -OCH3 is 1. The maximum Gasteiger partial charge on any atom is 0.254 e. The number of carbonyl (C=O) groups excluding carboxylic acids is 1. The zero-order valence-electron chi connectivity index (χ0n) is 17.2. The van der Waals surface area contributed by atoms with Gasteiger partial charge in [-0.2, -0.15) is 0 Å². The first-order chi connectivity index (χ1) is 12.9. The lowest BCUT2D eigenvalue weighted by molar-refractivity contribution is 0.00372. The molecule has 0 aromatic heterocycles. The molecule has 2 saturated heterocycles. The molecule has 0 spiro atoms. The maximum atomic E-state index is 13.1. The number of morpholine rings is 1. The number of ether oxygens (including phenoxy) is 2. The second kappa shape index (κ2) is 8.59. The summed E-state index contributed by atoms with van der Waals surface area (Å²) in [5.74, 6) is 0.133. The van der Waals surface area contributed by atoms with Gasteiger partial charge in [0.15, 0.2) is 0 Å². The van der Waals surface area contributed by atoms with Gasteiger partial charge in [0.2, 0.25) is 0 Å². The lowest BCUT2D eigenvalue weighted by Gasteiger charge is -2.43. The van der Waals surface area contributed by atoms with Crippen molar-refractivity contribution >= 4 is 11.6 Å². The van der Waals surface area contributed by atoms with Crippen molar-refractivity contribution < 1.29 is 14.3 Å². The number of aryl methyl sites for hydroxylation is 1. The lowest BCUT2D eigenvalue weighted by atomic mass is 10.0. The third-order valence-electron chi connectivity index (χ3n) is 5.73. The van der Waals surface area contributed by atoms with Gasteiger partial charge in [0, 0.05) is 63.2 Å². The molecule has 1 aromatic rings. The van der Waals surface area contributed by atoms with Crippen LogP contribution in [0, 0.1) is 6.92 Å². The van der Waals surface area contributed by atoms with Crippen LogP contribution in [-0.4, -0.2) is 87.4 Å². The summed E-state index contributed by atoms with van der Waals surface area (Å²) in [5.41, 5.74) is 3.15. The number of piperazine rings is 1. The fourth-order valence-electron chi connectivity index (χ4n) is 4.03. The predicted molar refractivity (Wildman–Crippen MR) is 108 cm³/mol. The SMILES string of the molecule is COCC(C)(C)N1CCN(C(=O)c2ccc(C)c(N3CCOCC3)c2)CC1. The molecule has 2 aliphatic rings. The van der Waals surface area contributed by atoms with Gasteiger partial charge < -0.3 is 19.3 Å². The van der Waals surface area contributed by atoms with Crippen molar-refractivity contribution in [2.45, 2.75) is 26.3 Å². The van der Waals surface area contributed by atoms with E-state index in [1.54, 1.807) is 7.11 Å². The Hall–Kier alpha value is -1.63. The first kappa shape index (κ1) is 20.1. The van der Waals surface area contributed by atoms with Crippen molar-refractivity contribution in [2.24, 2.45) is 0 Å². The van der Waals surface area contributed by atoms with Gasteiger partial charge in [0.25, 0.3) is 5.91 Å². The molecule has 27 heavy (non-hydrogen) atoms. The summed E-state index contributed by atoms with van der Waals surface area (Å²) in [6, 6.07) is 6.09. The maximum absolute atomic E-state index is 13.1. The molecule has 3 rings (SSSR count). The number of carbonyl (C=O) groups is 1. The molecule has 2 aliphatic heterocycles. The molecule has 2 fully saturated rings. The molecule has 6 heteroatoms. The molecular formula is C21H33N3O3. The molecule has 0 aliphatic carbocycles. The second-order valence-corrected chi connectivity index (χ2v) is 8.13. The average Bonchev–Trinajstić information content (AvgIpc) is 2.68. The van der Waals surface area contributed by atoms with Crippen LogP contribution in [0.3, 0.4) is 0 Å². The number of amides is 1. The Morgan fingerprint density at radius 2 is 1.78 bits per heavy atom. The Bertz CT molecular complexity index is 648. The predicted octanol–water partition coefficient (Wildman–Crippen LogP) is 2.01. The van der Waals surface area contributed by atoms with Crippen molar-refractivity contribution in [3.05, 3.63) is 29.3 Å². The zero-order chi connectivity index (χ0) is 19.4. The van der Waals surface area contributed by atoms with Crippen LogP contribution < -0.4 is 4.90 Å². The minimum absolute atomic E-state index is 0.00273. The Balaban J connectivity index is 1.66. The highest BCUT2D eigenvalue weighted by molar-refractivity contribution is 5.95. The number of nitrogens with zero attached hydrogens (tertiary/aromatic N) is 3. The molecule has 1 amide bonds. The highest BCUT2D eigenvalue weighted by atomic mass is 16.5. The van der Waals surface area contributed by atoms with Crippen molar-refractivity contribution in [1.29, 1.82) is 0 Å². The van der Waals surface area contributed by atoms with Crippen LogP contribution in [0.15, 0.2) is 18.2 Å². The molecule has 150 valence electrons. The molecule has 0 radical (unpaired) electrons. The Morgan fingerprint density at radius 1 is 1.11 bits per heavy atom. The molecule has 0 bridgehead atoms. The third kappa shape index (κ3) is 4.62. The van der Waals surface area contributed by atoms with Crippen LogP contribution in [0.1, 0.15) is 29.8 Å². The first-order valence-corrected chi connectivity index (χ1v) is 9.89. The van der Waals surface area contributed by atoms with Gasteiger partial charge in [-0.15, -0.1) is 0 Å². The average molecular weight is 376 g/mol. The summed E-state index contributed by atoms with van der Waals surface area (Å²) in [6.07, 6.45) is 0. The van der Waals surface area contributed by atoms with E-state index in [9.17, 15) is 4.79 Å². The van der Waals surface area contributed by atoms with E-state index in [1.807, 2.05) is 11.0 Å². The summed E-state index contributed by atoms with van der Waals surface area (Å²) in [5, 5.41) is 0. The van der Waals surface area contributed by atoms with Gasteiger partial charge in [-0.05, 0) is 38.5 Å². The fraction of sp³-hybridized carbons (Fsp3) is 0.667. The quantitative estimate of drug-likeness (QED) is 0.788. The molecule has 1 aromatic carbocycles. The minimum atomic E-state index is -0.00273. The van der Waals surface area contributed by atoms with Gasteiger partial charge in [-0.25, -0.2) is 0 Å². The van der Waals surface area contributed by atoms with E-state index in [0.29, 0.717) is 6.61 Å². The van der Waals surface area contributed by atoms with Gasteiger partial charge in [0.05, 0.1) is 19.8 Å². The van der Waals surface area contributed by atoms with Crippen molar-refractivity contribution in [3.8, 4) is 0 Å². The summed E-state index contributed by atoms with van der Waals surface area (Å²) in [4.78, 5) is 19.8. The van der Waals surface area contributed by atoms with Crippen molar-refractivity contribution in [3.63, 3.8) is 0 Å². The number of rotatable bonds is 5. The molecule has 0 unspecified atom stereocenters. The van der Waals surface area contributed by atoms with E-state index >= 15 is 0 Å². The van der Waals surface area contributed by atoms with E-state index in [4.69, 9.17) is 9.47 Å². The van der Waals surface area contributed by atoms with E-state index in [2.05, 4.69) is 42.7 Å². The molecule has 2 heterocycles. The topological polar surface area (TPSA) is 45.2 Å². The van der Waals surface area contributed by atoms with Gasteiger partial charge in [0.1, 0.15) is 0 Å². The van der Waals surface area contributed by atoms with Crippen molar-refractivity contribution in [1.82, 2.24) is 9.80 Å². The number of anilines is 1. The normalized spacial score (nSPS) is 19.4. The fourth-order valence-corrected chi connectivity index (χ4v) is 4.03. The van der Waals surface area contributed by atoms with Crippen LogP contribution in [0.5, 0.6) is 0 Å². The highest BCUT2D eigenvalue weighted by Crippen LogP contribution is 2.24. The first-order valence-electron chi connectivity index (χ1n) is 9.89. The highest BCUT2D eigenvalue weighted by Gasteiger charge is 2.31. The Kier molecular flexibility index (Phi) is 6.40. The molecule has 6 nitrogen and oxygen atoms in total. The third-order valence-corrected chi connectivity index (χ3v) is 5.73. The smallest absolute Gasteiger partial charge is 0.254 e. The van der Waals surface area contributed by atoms with E-state index in [0.717, 1.165) is 63.7 Å². The van der Waals surface area contributed by atoms with Crippen LogP contribution in [0.25, 0.3) is 0 Å². The molecular weight excluding hydrogens is 342 g/mol. The molecule has 0 N–H and O–H groups in total. The zero-order valence-corrected chi connectivity index (χ0v) is 17.2. The second-order valence-electron chi connectivity index (χ2n) is 8.13. The summed E-state index contributed by atoms with van der Waals surface area (Å²) in [7, 11) is 1.74. The van der Waals surface area contributed by atoms with Crippen LogP contribution >= 0.6 is 0 Å². The van der Waals surface area contributed by atoms with Crippen molar-refractivity contribution in [2.75, 3.05) is 71.1 Å². The monoisotopic (exact) mass is 375 g/mol. The summed E-state index contributed by atoms with van der Waals surface area (Å²) in [6.45, 7) is 13.7. The van der Waals surface area contributed by atoms with E-state index in [-0.39, 0.29) is 11.4 Å². The molecule has 0 saturated carbocycles. The summed E-state index contributed by atoms with van der Waals surface area (Å²) < 4.78 is 10.8. The number of benzene rings is 1. The van der Waals surface area contributed by atoms with E-state index in [1.165, 1.54) is 5.56 Å². The summed E-state index contributed by atoms with van der Waals surface area (Å²) >= 11 is 0. The Labute approximate surface area is 163 Å².